The molecule has 2 rings (SSSR count). The van der Waals surface area contributed by atoms with Crippen molar-refractivity contribution in [1.82, 2.24) is 10.6 Å². The van der Waals surface area contributed by atoms with Crippen LogP contribution in [-0.4, -0.2) is 55.9 Å². The fraction of sp³-hybridized carbons (Fsp3) is 0.292. The molecule has 4 N–H and O–H groups in total. The minimum Gasteiger partial charge on any atom is -0.494 e. The number of carboxylic acids is 1. The average molecular weight is 456 g/mol. The first-order valence-corrected chi connectivity index (χ1v) is 10.5. The summed E-state index contributed by atoms with van der Waals surface area (Å²) in [4.78, 5) is 35.5. The number of hydrogen-bond acceptors (Lipinski definition) is 6. The lowest BCUT2D eigenvalue weighted by Gasteiger charge is -2.20. The summed E-state index contributed by atoms with van der Waals surface area (Å²) >= 11 is 0. The number of hydrogen-bond donors (Lipinski definition) is 4. The monoisotopic (exact) mass is 455 g/mol. The van der Waals surface area contributed by atoms with E-state index < -0.39 is 23.9 Å². The third-order valence-electron chi connectivity index (χ3n) is 4.35. The van der Waals surface area contributed by atoms with Gasteiger partial charge in [0.15, 0.2) is 6.17 Å². The van der Waals surface area contributed by atoms with Gasteiger partial charge in [0.05, 0.1) is 13.2 Å². The number of carboxylic acid groups (broad SMARTS) is 1. The van der Waals surface area contributed by atoms with Crippen LogP contribution in [-0.2, 0) is 19.1 Å². The van der Waals surface area contributed by atoms with Gasteiger partial charge in [0.2, 0.25) is 5.91 Å². The Morgan fingerprint density at radius 1 is 1.03 bits per heavy atom. The molecule has 0 aliphatic heterocycles. The lowest BCUT2D eigenvalue weighted by Crippen LogP contribution is -2.51. The highest BCUT2D eigenvalue weighted by Crippen LogP contribution is 2.16. The molecule has 0 radical (unpaired) electrons. The molecule has 2 aromatic carbocycles. The molecule has 1 atom stereocenters. The van der Waals surface area contributed by atoms with E-state index in [1.807, 2.05) is 30.3 Å². The Bertz CT molecular complexity index is 916. The number of carbonyl (C=O) groups excluding carboxylic acids is 2. The number of anilines is 1. The lowest BCUT2D eigenvalue weighted by atomic mass is 10.2. The number of benzene rings is 2. The molecule has 176 valence electrons. The Morgan fingerprint density at radius 3 is 2.42 bits per heavy atom. The second-order valence-electron chi connectivity index (χ2n) is 6.98. The molecule has 0 aromatic heterocycles. The Labute approximate surface area is 192 Å². The van der Waals surface area contributed by atoms with Crippen LogP contribution in [0.15, 0.2) is 60.7 Å². The fourth-order valence-electron chi connectivity index (χ4n) is 2.70. The van der Waals surface area contributed by atoms with Crippen LogP contribution in [0.4, 0.5) is 5.69 Å². The van der Waals surface area contributed by atoms with Crippen LogP contribution in [0.25, 0.3) is 6.08 Å². The first-order chi connectivity index (χ1) is 16.0. The van der Waals surface area contributed by atoms with Gasteiger partial charge in [-0.05, 0) is 42.3 Å². The summed E-state index contributed by atoms with van der Waals surface area (Å²) in [5.74, 6) is -1.14. The van der Waals surface area contributed by atoms with Crippen molar-refractivity contribution in [2.75, 3.05) is 32.2 Å². The Balaban J connectivity index is 1.98. The number of ether oxygens (including phenoxy) is 2. The van der Waals surface area contributed by atoms with Crippen molar-refractivity contribution in [3.8, 4) is 5.75 Å². The van der Waals surface area contributed by atoms with Gasteiger partial charge in [-0.2, -0.15) is 0 Å². The summed E-state index contributed by atoms with van der Waals surface area (Å²) in [6.45, 7) is 0.925. The van der Waals surface area contributed by atoms with Crippen LogP contribution in [0.5, 0.6) is 5.75 Å². The largest absolute Gasteiger partial charge is 0.494 e. The van der Waals surface area contributed by atoms with E-state index in [4.69, 9.17) is 14.6 Å². The van der Waals surface area contributed by atoms with Crippen LogP contribution in [0, 0.1) is 0 Å². The summed E-state index contributed by atoms with van der Waals surface area (Å²) < 4.78 is 10.5. The van der Waals surface area contributed by atoms with Crippen LogP contribution in [0.1, 0.15) is 18.4 Å². The van der Waals surface area contributed by atoms with Crippen molar-refractivity contribution < 1.29 is 29.0 Å². The maximum atomic E-state index is 12.6. The van der Waals surface area contributed by atoms with Crippen molar-refractivity contribution >= 4 is 29.5 Å². The van der Waals surface area contributed by atoms with Crippen molar-refractivity contribution in [1.29, 1.82) is 0 Å². The quantitative estimate of drug-likeness (QED) is 0.196. The predicted molar refractivity (Wildman–Crippen MR) is 125 cm³/mol. The third-order valence-corrected chi connectivity index (χ3v) is 4.35. The van der Waals surface area contributed by atoms with E-state index >= 15 is 0 Å². The van der Waals surface area contributed by atoms with Gasteiger partial charge in [0.25, 0.3) is 5.91 Å². The van der Waals surface area contributed by atoms with Crippen molar-refractivity contribution in [3.05, 3.63) is 66.2 Å². The van der Waals surface area contributed by atoms with Crippen LogP contribution in [0.2, 0.25) is 0 Å². The first-order valence-electron chi connectivity index (χ1n) is 10.5. The SMILES string of the molecule is COCCNC(=O)C(NC(=O)/C=C/c1ccccc1)Nc1ccc(OCCCC(=O)O)cc1. The summed E-state index contributed by atoms with van der Waals surface area (Å²) in [7, 11) is 1.53. The van der Waals surface area contributed by atoms with Crippen molar-refractivity contribution in [2.24, 2.45) is 0 Å². The molecule has 0 bridgehead atoms. The number of methoxy groups -OCH3 is 1. The number of carbonyl (C=O) groups is 3. The number of aliphatic carboxylic acids is 1. The molecular weight excluding hydrogens is 426 g/mol. The van der Waals surface area contributed by atoms with Crippen molar-refractivity contribution in [3.63, 3.8) is 0 Å². The van der Waals surface area contributed by atoms with E-state index in [0.717, 1.165) is 5.56 Å². The van der Waals surface area contributed by atoms with Gasteiger partial charge in [-0.25, -0.2) is 0 Å². The van der Waals surface area contributed by atoms with Crippen LogP contribution < -0.4 is 20.7 Å². The second-order valence-corrected chi connectivity index (χ2v) is 6.98. The number of nitrogens with one attached hydrogen (secondary N) is 3. The van der Waals surface area contributed by atoms with Gasteiger partial charge in [-0.1, -0.05) is 30.3 Å². The van der Waals surface area contributed by atoms with Gasteiger partial charge >= 0.3 is 5.97 Å². The zero-order valence-electron chi connectivity index (χ0n) is 18.5. The van der Waals surface area contributed by atoms with E-state index in [2.05, 4.69) is 16.0 Å². The van der Waals surface area contributed by atoms with E-state index in [-0.39, 0.29) is 13.0 Å². The molecule has 0 fully saturated rings. The molecule has 9 nitrogen and oxygen atoms in total. The van der Waals surface area contributed by atoms with E-state index in [1.54, 1.807) is 30.3 Å². The summed E-state index contributed by atoms with van der Waals surface area (Å²) in [5.41, 5.74) is 1.45. The highest BCUT2D eigenvalue weighted by molar-refractivity contribution is 5.96. The second kappa shape index (κ2) is 14.3. The number of amides is 2. The molecule has 0 saturated heterocycles. The number of rotatable bonds is 14. The predicted octanol–water partition coefficient (Wildman–Crippen LogP) is 2.26. The Hall–Kier alpha value is -3.85. The molecule has 0 aliphatic carbocycles. The average Bonchev–Trinajstić information content (AvgIpc) is 2.81. The molecule has 0 spiro atoms. The third kappa shape index (κ3) is 10.3. The first kappa shape index (κ1) is 25.4. The van der Waals surface area contributed by atoms with E-state index in [0.29, 0.717) is 31.0 Å². The Morgan fingerprint density at radius 2 is 1.76 bits per heavy atom. The minimum atomic E-state index is -1.02. The van der Waals surface area contributed by atoms with Gasteiger partial charge in [-0.3, -0.25) is 14.4 Å². The van der Waals surface area contributed by atoms with E-state index in [9.17, 15) is 14.4 Å². The molecule has 0 heterocycles. The molecule has 1 unspecified atom stereocenters. The van der Waals surface area contributed by atoms with E-state index in [1.165, 1.54) is 13.2 Å². The summed E-state index contributed by atoms with van der Waals surface area (Å²) in [6, 6.07) is 16.1. The molecule has 2 amide bonds. The Kier molecular flexibility index (Phi) is 11.0. The zero-order chi connectivity index (χ0) is 23.9. The topological polar surface area (TPSA) is 126 Å². The molecule has 0 saturated carbocycles. The minimum absolute atomic E-state index is 0.0396. The van der Waals surface area contributed by atoms with Crippen molar-refractivity contribution in [2.45, 2.75) is 19.0 Å². The standard InChI is InChI=1S/C24H29N3O6/c1-32-17-15-25-24(31)23(27-21(28)14-9-18-6-3-2-4-7-18)26-19-10-12-20(13-11-19)33-16-5-8-22(29)30/h2-4,6-7,9-14,23,26H,5,8,15-17H2,1H3,(H,25,31)(H,27,28)(H,29,30)/b14-9+. The molecule has 9 heteroatoms. The fourth-order valence-corrected chi connectivity index (χ4v) is 2.70. The van der Waals surface area contributed by atoms with Crippen LogP contribution in [0.3, 0.4) is 0 Å². The molecular formula is C24H29N3O6. The van der Waals surface area contributed by atoms with Gasteiger partial charge < -0.3 is 30.5 Å². The van der Waals surface area contributed by atoms with Gasteiger partial charge in [0, 0.05) is 31.8 Å². The van der Waals surface area contributed by atoms with Gasteiger partial charge in [0.1, 0.15) is 5.75 Å². The molecule has 2 aromatic rings. The highest BCUT2D eigenvalue weighted by Gasteiger charge is 2.19. The maximum absolute atomic E-state index is 12.6. The van der Waals surface area contributed by atoms with Gasteiger partial charge in [-0.15, -0.1) is 0 Å². The normalized spacial score (nSPS) is 11.5. The lowest BCUT2D eigenvalue weighted by molar-refractivity contribution is -0.137. The molecule has 0 aliphatic rings. The maximum Gasteiger partial charge on any atom is 0.303 e. The summed E-state index contributed by atoms with van der Waals surface area (Å²) in [5, 5.41) is 17.0. The highest BCUT2D eigenvalue weighted by atomic mass is 16.5. The zero-order valence-corrected chi connectivity index (χ0v) is 18.5. The summed E-state index contributed by atoms with van der Waals surface area (Å²) in [6.07, 6.45) is 2.45. The van der Waals surface area contributed by atoms with Crippen LogP contribution >= 0.6 is 0 Å². The smallest absolute Gasteiger partial charge is 0.303 e. The molecule has 33 heavy (non-hydrogen) atoms.